The summed E-state index contributed by atoms with van der Waals surface area (Å²) in [5.74, 6) is 0.716. The molecule has 3 aromatic rings. The van der Waals surface area contributed by atoms with E-state index in [0.717, 1.165) is 0 Å². The molecule has 86 valence electrons. The lowest BCUT2D eigenvalue weighted by Gasteiger charge is -1.88. The highest BCUT2D eigenvalue weighted by molar-refractivity contribution is 5.58. The molecule has 0 atom stereocenters. The van der Waals surface area contributed by atoms with Crippen molar-refractivity contribution in [3.8, 4) is 29.0 Å². The van der Waals surface area contributed by atoms with Gasteiger partial charge in [0.15, 0.2) is 0 Å². The summed E-state index contributed by atoms with van der Waals surface area (Å²) in [6.45, 7) is 0. The molecule has 1 N–H and O–H groups in total. The number of hydrogen-bond acceptors (Lipinski definition) is 6. The fourth-order valence-corrected chi connectivity index (χ4v) is 1.45. The van der Waals surface area contributed by atoms with Crippen LogP contribution in [0.3, 0.4) is 0 Å². The van der Waals surface area contributed by atoms with Crippen molar-refractivity contribution in [1.82, 2.24) is 25.1 Å². The molecule has 0 aliphatic rings. The lowest BCUT2D eigenvalue weighted by molar-refractivity contribution is 0.432. The molecule has 3 heterocycles. The monoisotopic (exact) mass is 238 g/mol. The number of hydrogen-bond donors (Lipinski definition) is 1. The average molecular weight is 238 g/mol. The zero-order chi connectivity index (χ0) is 12.4. The maximum Gasteiger partial charge on any atom is 0.259 e. The minimum Gasteiger partial charge on any atom is -0.352 e. The molecule has 0 saturated heterocycles. The fraction of sp³-hybridized carbons (Fsp3) is 0. The summed E-state index contributed by atoms with van der Waals surface area (Å²) in [7, 11) is 0. The molecule has 0 fully saturated rings. The maximum atomic E-state index is 8.72. The highest BCUT2D eigenvalue weighted by Gasteiger charge is 2.12. The molecule has 0 spiro atoms. The van der Waals surface area contributed by atoms with Gasteiger partial charge in [0.1, 0.15) is 23.8 Å². The van der Waals surface area contributed by atoms with Gasteiger partial charge in [-0.3, -0.25) is 0 Å². The van der Waals surface area contributed by atoms with Gasteiger partial charge in [-0.1, -0.05) is 5.16 Å². The van der Waals surface area contributed by atoms with Crippen molar-refractivity contribution in [2.75, 3.05) is 0 Å². The highest BCUT2D eigenvalue weighted by atomic mass is 16.5. The van der Waals surface area contributed by atoms with Gasteiger partial charge in [-0.15, -0.1) is 0 Å². The zero-order valence-electron chi connectivity index (χ0n) is 9.03. The van der Waals surface area contributed by atoms with Crippen LogP contribution in [0.15, 0.2) is 35.4 Å². The Bertz CT molecular complexity index is 708. The van der Waals surface area contributed by atoms with E-state index in [1.807, 2.05) is 6.07 Å². The standard InChI is InChI=1S/C11H6N6O/c12-4-8-3-7(5-14-8)11-16-10(17-18-11)9-1-2-13-6-15-9/h1-3,5-6,14H. The normalized spacial score (nSPS) is 10.2. The van der Waals surface area contributed by atoms with Crippen LogP contribution in [0, 0.1) is 11.3 Å². The molecule has 18 heavy (non-hydrogen) atoms. The van der Waals surface area contributed by atoms with E-state index in [4.69, 9.17) is 9.78 Å². The summed E-state index contributed by atoms with van der Waals surface area (Å²) in [5, 5.41) is 12.5. The predicted molar refractivity (Wildman–Crippen MR) is 59.8 cm³/mol. The molecule has 3 rings (SSSR count). The van der Waals surface area contributed by atoms with Gasteiger partial charge in [0.2, 0.25) is 5.82 Å². The number of nitrogens with zero attached hydrogens (tertiary/aromatic N) is 5. The maximum absolute atomic E-state index is 8.72. The van der Waals surface area contributed by atoms with E-state index in [1.165, 1.54) is 6.33 Å². The third-order valence-electron chi connectivity index (χ3n) is 2.29. The van der Waals surface area contributed by atoms with Crippen LogP contribution in [0.5, 0.6) is 0 Å². The summed E-state index contributed by atoms with van der Waals surface area (Å²) < 4.78 is 5.11. The Balaban J connectivity index is 1.97. The molecule has 0 bridgehead atoms. The van der Waals surface area contributed by atoms with E-state index in [1.54, 1.807) is 24.5 Å². The van der Waals surface area contributed by atoms with E-state index in [2.05, 4.69) is 25.1 Å². The Morgan fingerprint density at radius 1 is 1.39 bits per heavy atom. The Hall–Kier alpha value is -3.01. The fourth-order valence-electron chi connectivity index (χ4n) is 1.45. The van der Waals surface area contributed by atoms with Crippen molar-refractivity contribution < 1.29 is 4.52 Å². The third-order valence-corrected chi connectivity index (χ3v) is 2.29. The number of aromatic nitrogens is 5. The Morgan fingerprint density at radius 2 is 2.33 bits per heavy atom. The second kappa shape index (κ2) is 4.10. The molecule has 0 saturated carbocycles. The number of rotatable bonds is 2. The van der Waals surface area contributed by atoms with Gasteiger partial charge in [0.05, 0.1) is 5.56 Å². The summed E-state index contributed by atoms with van der Waals surface area (Å²) in [5.41, 5.74) is 1.68. The topological polar surface area (TPSA) is 104 Å². The summed E-state index contributed by atoms with van der Waals surface area (Å²) >= 11 is 0. The Labute approximate surface area is 101 Å². The molecule has 7 heteroatoms. The molecule has 0 aliphatic heterocycles. The van der Waals surface area contributed by atoms with E-state index in [-0.39, 0.29) is 0 Å². The molecule has 0 aromatic carbocycles. The molecule has 0 unspecified atom stereocenters. The lowest BCUT2D eigenvalue weighted by atomic mass is 10.3. The molecular formula is C11H6N6O. The van der Waals surface area contributed by atoms with Gasteiger partial charge in [-0.25, -0.2) is 9.97 Å². The summed E-state index contributed by atoms with van der Waals surface area (Å²) in [6.07, 6.45) is 4.65. The first-order valence-corrected chi connectivity index (χ1v) is 5.06. The van der Waals surface area contributed by atoms with Gasteiger partial charge in [0, 0.05) is 12.4 Å². The molecule has 7 nitrogen and oxygen atoms in total. The molecule has 3 aromatic heterocycles. The predicted octanol–water partition coefficient (Wildman–Crippen LogP) is 1.39. The first-order valence-electron chi connectivity index (χ1n) is 5.06. The highest BCUT2D eigenvalue weighted by Crippen LogP contribution is 2.21. The van der Waals surface area contributed by atoms with Crippen molar-refractivity contribution >= 4 is 0 Å². The zero-order valence-corrected chi connectivity index (χ0v) is 9.03. The number of aromatic amines is 1. The average Bonchev–Trinajstić information content (AvgIpc) is 3.08. The molecule has 0 radical (unpaired) electrons. The molecule has 0 amide bonds. The number of nitriles is 1. The number of H-pyrrole nitrogens is 1. The van der Waals surface area contributed by atoms with Crippen LogP contribution in [0.25, 0.3) is 23.0 Å². The van der Waals surface area contributed by atoms with Crippen LogP contribution < -0.4 is 0 Å². The first kappa shape index (κ1) is 10.2. The van der Waals surface area contributed by atoms with Crippen molar-refractivity contribution in [2.24, 2.45) is 0 Å². The van der Waals surface area contributed by atoms with Crippen molar-refractivity contribution in [1.29, 1.82) is 5.26 Å². The Kier molecular flexibility index (Phi) is 2.32. The second-order valence-corrected chi connectivity index (χ2v) is 3.43. The minimum absolute atomic E-state index is 0.335. The van der Waals surface area contributed by atoms with Crippen LogP contribution in [0.2, 0.25) is 0 Å². The summed E-state index contributed by atoms with van der Waals surface area (Å²) in [6, 6.07) is 5.31. The van der Waals surface area contributed by atoms with Gasteiger partial charge >= 0.3 is 0 Å². The van der Waals surface area contributed by atoms with Crippen LogP contribution in [-0.4, -0.2) is 25.1 Å². The largest absolute Gasteiger partial charge is 0.352 e. The summed E-state index contributed by atoms with van der Waals surface area (Å²) in [4.78, 5) is 14.8. The Morgan fingerprint density at radius 3 is 3.06 bits per heavy atom. The van der Waals surface area contributed by atoms with Crippen LogP contribution in [0.4, 0.5) is 0 Å². The van der Waals surface area contributed by atoms with E-state index >= 15 is 0 Å². The van der Waals surface area contributed by atoms with Crippen LogP contribution in [0.1, 0.15) is 5.69 Å². The van der Waals surface area contributed by atoms with E-state index < -0.39 is 0 Å². The van der Waals surface area contributed by atoms with Gasteiger partial charge in [0.25, 0.3) is 5.89 Å². The molecule has 0 aliphatic carbocycles. The second-order valence-electron chi connectivity index (χ2n) is 3.43. The minimum atomic E-state index is 0.335. The van der Waals surface area contributed by atoms with Crippen molar-refractivity contribution in [3.63, 3.8) is 0 Å². The SMILES string of the molecule is N#Cc1cc(-c2nc(-c3ccncn3)no2)c[nH]1. The molecular weight excluding hydrogens is 232 g/mol. The lowest BCUT2D eigenvalue weighted by Crippen LogP contribution is -1.85. The van der Waals surface area contributed by atoms with Gasteiger partial charge in [-0.05, 0) is 12.1 Å². The van der Waals surface area contributed by atoms with Gasteiger partial charge < -0.3 is 9.51 Å². The smallest absolute Gasteiger partial charge is 0.259 e. The van der Waals surface area contributed by atoms with Crippen molar-refractivity contribution in [3.05, 3.63) is 36.5 Å². The van der Waals surface area contributed by atoms with E-state index in [9.17, 15) is 0 Å². The van der Waals surface area contributed by atoms with E-state index in [0.29, 0.717) is 28.7 Å². The third kappa shape index (κ3) is 1.72. The number of nitrogens with one attached hydrogen (secondary N) is 1. The van der Waals surface area contributed by atoms with Crippen molar-refractivity contribution in [2.45, 2.75) is 0 Å². The van der Waals surface area contributed by atoms with Crippen LogP contribution >= 0.6 is 0 Å². The quantitative estimate of drug-likeness (QED) is 0.723. The first-order chi connectivity index (χ1) is 8.86. The van der Waals surface area contributed by atoms with Gasteiger partial charge in [-0.2, -0.15) is 10.2 Å². The van der Waals surface area contributed by atoms with Crippen LogP contribution in [-0.2, 0) is 0 Å².